The van der Waals surface area contributed by atoms with E-state index < -0.39 is 0 Å². The summed E-state index contributed by atoms with van der Waals surface area (Å²) < 4.78 is 13.8. The Balaban J connectivity index is 1.28. The largest absolute Gasteiger partial charge is 0.436 e. The van der Waals surface area contributed by atoms with E-state index in [1.807, 2.05) is 40.9 Å². The number of thiophene rings is 2. The van der Waals surface area contributed by atoms with Gasteiger partial charge >= 0.3 is 0 Å². The van der Waals surface area contributed by atoms with Crippen molar-refractivity contribution in [2.75, 3.05) is 0 Å². The van der Waals surface area contributed by atoms with Gasteiger partial charge in [0.15, 0.2) is 5.82 Å². The van der Waals surface area contributed by atoms with Gasteiger partial charge in [0.25, 0.3) is 0 Å². The number of hydrogen-bond acceptors (Lipinski definition) is 5. The molecule has 0 bridgehead atoms. The predicted octanol–water partition coefficient (Wildman–Crippen LogP) is 14.2. The maximum Gasteiger partial charge on any atom is 0.247 e. The van der Waals surface area contributed by atoms with E-state index in [4.69, 9.17) is 14.4 Å². The molecule has 4 nitrogen and oxygen atoms in total. The van der Waals surface area contributed by atoms with Crippen molar-refractivity contribution in [1.29, 1.82) is 0 Å². The maximum absolute atomic E-state index is 6.46. The van der Waals surface area contributed by atoms with Crippen molar-refractivity contribution < 1.29 is 4.42 Å². The van der Waals surface area contributed by atoms with E-state index in [1.165, 1.54) is 72.7 Å². The number of rotatable bonds is 2. The molecule has 0 unspecified atom stereocenters. The van der Waals surface area contributed by atoms with Crippen LogP contribution in [0.25, 0.3) is 123 Å². The third-order valence-corrected chi connectivity index (χ3v) is 13.6. The van der Waals surface area contributed by atoms with Gasteiger partial charge in [-0.05, 0) is 51.9 Å². The molecule has 6 heteroatoms. The van der Waals surface area contributed by atoms with Crippen molar-refractivity contribution in [2.45, 2.75) is 0 Å². The smallest absolute Gasteiger partial charge is 0.247 e. The van der Waals surface area contributed by atoms with Crippen LogP contribution in [0.5, 0.6) is 0 Å². The zero-order valence-corrected chi connectivity index (χ0v) is 30.1. The topological polar surface area (TPSA) is 43.9 Å². The second kappa shape index (κ2) is 10.5. The number of nitrogens with zero attached hydrogens (tertiary/aromatic N) is 3. The average molecular weight is 724 g/mol. The van der Waals surface area contributed by atoms with Crippen LogP contribution in [0.1, 0.15) is 0 Å². The van der Waals surface area contributed by atoms with E-state index in [0.29, 0.717) is 5.71 Å². The van der Waals surface area contributed by atoms with Gasteiger partial charge in [-0.25, -0.2) is 9.97 Å². The van der Waals surface area contributed by atoms with Crippen molar-refractivity contribution in [3.05, 3.63) is 152 Å². The van der Waals surface area contributed by atoms with Gasteiger partial charge in [-0.1, -0.05) is 121 Å². The lowest BCUT2D eigenvalue weighted by atomic mass is 9.96. The van der Waals surface area contributed by atoms with E-state index in [9.17, 15) is 0 Å². The van der Waals surface area contributed by atoms with Gasteiger partial charge in [-0.2, -0.15) is 0 Å². The zero-order chi connectivity index (χ0) is 35.1. The third-order valence-electron chi connectivity index (χ3n) is 11.2. The molecule has 250 valence electrons. The van der Waals surface area contributed by atoms with Crippen LogP contribution in [-0.2, 0) is 0 Å². The minimum Gasteiger partial charge on any atom is -0.436 e. The lowest BCUT2D eigenvalue weighted by Gasteiger charge is -2.14. The summed E-state index contributed by atoms with van der Waals surface area (Å²) in [5.41, 5.74) is 6.18. The molecule has 0 atom stereocenters. The molecule has 0 amide bonds. The number of aromatic nitrogens is 3. The van der Waals surface area contributed by atoms with Gasteiger partial charge in [0, 0.05) is 57.4 Å². The summed E-state index contributed by atoms with van der Waals surface area (Å²) in [6, 6.07) is 54.4. The number of fused-ring (bicyclic) bond motifs is 18. The van der Waals surface area contributed by atoms with E-state index in [2.05, 4.69) is 138 Å². The highest BCUT2D eigenvalue weighted by Gasteiger charge is 2.27. The average Bonchev–Trinajstić information content (AvgIpc) is 3.99. The molecule has 0 spiro atoms. The Labute approximate surface area is 314 Å². The van der Waals surface area contributed by atoms with Crippen LogP contribution in [0.4, 0.5) is 0 Å². The molecule has 8 aromatic carbocycles. The van der Waals surface area contributed by atoms with Crippen LogP contribution >= 0.6 is 22.7 Å². The van der Waals surface area contributed by atoms with Crippen LogP contribution in [0.3, 0.4) is 0 Å². The van der Waals surface area contributed by atoms with Gasteiger partial charge in [0.05, 0.1) is 15.7 Å². The monoisotopic (exact) mass is 723 g/mol. The molecule has 0 aliphatic heterocycles. The highest BCUT2D eigenvalue weighted by molar-refractivity contribution is 7.27. The lowest BCUT2D eigenvalue weighted by Crippen LogP contribution is -2.03. The lowest BCUT2D eigenvalue weighted by molar-refractivity contribution is 0.653. The summed E-state index contributed by atoms with van der Waals surface area (Å²) >= 11 is 3.68. The quantitative estimate of drug-likeness (QED) is 0.178. The molecule has 0 aliphatic carbocycles. The van der Waals surface area contributed by atoms with E-state index in [-0.39, 0.29) is 0 Å². The van der Waals surface area contributed by atoms with Crippen molar-refractivity contribution >= 4 is 129 Å². The van der Waals surface area contributed by atoms with Gasteiger partial charge < -0.3 is 4.42 Å². The van der Waals surface area contributed by atoms with Crippen molar-refractivity contribution in [3.8, 4) is 17.1 Å². The zero-order valence-electron chi connectivity index (χ0n) is 28.5. The van der Waals surface area contributed by atoms with Crippen LogP contribution in [0, 0.1) is 0 Å². The van der Waals surface area contributed by atoms with E-state index in [0.717, 1.165) is 44.6 Å². The first-order chi connectivity index (χ1) is 26.8. The van der Waals surface area contributed by atoms with Crippen LogP contribution < -0.4 is 0 Å². The summed E-state index contributed by atoms with van der Waals surface area (Å²) in [7, 11) is 0. The summed E-state index contributed by atoms with van der Waals surface area (Å²) in [6.45, 7) is 0. The fraction of sp³-hybridized carbons (Fsp3) is 0. The first-order valence-electron chi connectivity index (χ1n) is 18.1. The molecule has 0 saturated heterocycles. The Morgan fingerprint density at radius 1 is 0.463 bits per heavy atom. The molecule has 54 heavy (non-hydrogen) atoms. The van der Waals surface area contributed by atoms with Crippen molar-refractivity contribution in [1.82, 2.24) is 14.5 Å². The molecule has 0 N–H and O–H groups in total. The Bertz CT molecular complexity index is 3750. The first-order valence-corrected chi connectivity index (χ1v) is 19.7. The number of benzene rings is 8. The molecule has 0 radical (unpaired) electrons. The van der Waals surface area contributed by atoms with E-state index >= 15 is 0 Å². The standard InChI is InChI=1S/C48H25N3OS2/c1-2-13-27-26(12-1)24-25-38-40(27)41-30-16-4-3-15-29(30)39-32-17-5-8-21-35(32)51(44(39)46(41)54-38)47-42(50-48-43(49-47)33-18-6-9-22-36(33)52-48)34-20-11-19-31-28-14-7-10-23-37(28)53-45(31)34/h1-25H. The SMILES string of the molecule is c1ccc2c(c1)ccc1sc3c(c4ccccc4c4c5ccccc5n(-c5nc6c(nc5-c5cccc7c5sc5ccccc57)oc5ccccc56)c34)c12. The number of hydrogen-bond donors (Lipinski definition) is 0. The van der Waals surface area contributed by atoms with Crippen molar-refractivity contribution in [3.63, 3.8) is 0 Å². The fourth-order valence-corrected chi connectivity index (χ4v) is 11.4. The van der Waals surface area contributed by atoms with E-state index in [1.54, 1.807) is 0 Å². The van der Waals surface area contributed by atoms with Crippen LogP contribution in [-0.4, -0.2) is 14.5 Å². The van der Waals surface area contributed by atoms with Crippen LogP contribution in [0.2, 0.25) is 0 Å². The molecule has 0 saturated carbocycles. The first kappa shape index (κ1) is 28.9. The fourth-order valence-electron chi connectivity index (χ4n) is 8.94. The summed E-state index contributed by atoms with van der Waals surface area (Å²) in [6.07, 6.45) is 0. The Kier molecular flexibility index (Phi) is 5.63. The normalized spacial score (nSPS) is 12.4. The molecule has 13 rings (SSSR count). The van der Waals surface area contributed by atoms with Gasteiger partial charge in [-0.15, -0.1) is 22.7 Å². The maximum atomic E-state index is 6.46. The molecular formula is C48H25N3OS2. The Morgan fingerprint density at radius 2 is 1.15 bits per heavy atom. The Morgan fingerprint density at radius 3 is 2.04 bits per heavy atom. The minimum atomic E-state index is 0.540. The van der Waals surface area contributed by atoms with Crippen molar-refractivity contribution in [2.24, 2.45) is 0 Å². The second-order valence-electron chi connectivity index (χ2n) is 14.0. The summed E-state index contributed by atoms with van der Waals surface area (Å²) in [4.78, 5) is 11.1. The Hall–Kier alpha value is -6.60. The number of furan rings is 1. The van der Waals surface area contributed by atoms with Crippen LogP contribution in [0.15, 0.2) is 156 Å². The molecular weight excluding hydrogens is 699 g/mol. The molecule has 5 heterocycles. The highest BCUT2D eigenvalue weighted by atomic mass is 32.1. The highest BCUT2D eigenvalue weighted by Crippen LogP contribution is 2.50. The molecule has 0 aliphatic rings. The van der Waals surface area contributed by atoms with Gasteiger partial charge in [0.1, 0.15) is 16.8 Å². The summed E-state index contributed by atoms with van der Waals surface area (Å²) in [5.74, 6) is 0.795. The molecule has 5 aromatic heterocycles. The summed E-state index contributed by atoms with van der Waals surface area (Å²) in [5, 5.41) is 13.5. The second-order valence-corrected chi connectivity index (χ2v) is 16.1. The van der Waals surface area contributed by atoms with Gasteiger partial charge in [-0.3, -0.25) is 4.57 Å². The minimum absolute atomic E-state index is 0.540. The molecule has 13 aromatic rings. The number of para-hydroxylation sites is 2. The predicted molar refractivity (Wildman–Crippen MR) is 230 cm³/mol. The third kappa shape index (κ3) is 3.71. The van der Waals surface area contributed by atoms with Gasteiger partial charge in [0.2, 0.25) is 5.71 Å². The molecule has 0 fully saturated rings.